The van der Waals surface area contributed by atoms with Gasteiger partial charge in [0, 0.05) is 23.3 Å². The Morgan fingerprint density at radius 3 is 1.06 bits per heavy atom. The third-order valence-corrected chi connectivity index (χ3v) is 43.3. The van der Waals surface area contributed by atoms with Crippen molar-refractivity contribution in [3.63, 3.8) is 0 Å². The first-order chi connectivity index (χ1) is 7.56. The monoisotopic (exact) mass is 384 g/mol. The van der Waals surface area contributed by atoms with Gasteiger partial charge in [0.2, 0.25) is 0 Å². The molecule has 0 fully saturated rings. The molecule has 0 heterocycles. The van der Waals surface area contributed by atoms with Gasteiger partial charge in [-0.3, -0.25) is 0 Å². The van der Waals surface area contributed by atoms with E-state index in [-0.39, 0.29) is 0 Å². The van der Waals surface area contributed by atoms with Gasteiger partial charge in [-0.05, 0) is 17.0 Å². The number of halogens is 1. The summed E-state index contributed by atoms with van der Waals surface area (Å²) in [6.07, 6.45) is 0. The first-order valence-electron chi connectivity index (χ1n) is 6.80. The van der Waals surface area contributed by atoms with Gasteiger partial charge < -0.3 is 4.43 Å². The second-order valence-corrected chi connectivity index (χ2v) is 35.8. The predicted molar refractivity (Wildman–Crippen MR) is 100 cm³/mol. The molecule has 110 valence electrons. The minimum absolute atomic E-state index is 0.509. The molecule has 18 heavy (non-hydrogen) atoms. The Morgan fingerprint density at radius 1 is 0.722 bits per heavy atom. The summed E-state index contributed by atoms with van der Waals surface area (Å²) in [5.74, 6) is 0. The lowest BCUT2D eigenvalue weighted by atomic mass is 11.6. The van der Waals surface area contributed by atoms with Crippen LogP contribution in [0.5, 0.6) is 0 Å². The van der Waals surface area contributed by atoms with Crippen LogP contribution in [0.3, 0.4) is 0 Å². The van der Waals surface area contributed by atoms with E-state index in [1.165, 1.54) is 0 Å². The van der Waals surface area contributed by atoms with Crippen LogP contribution in [0.25, 0.3) is 0 Å². The number of rotatable bonds is 5. The van der Waals surface area contributed by atoms with E-state index in [0.29, 0.717) is 3.91 Å². The molecule has 0 atom stereocenters. The zero-order valence-electron chi connectivity index (χ0n) is 14.3. The van der Waals surface area contributed by atoms with Crippen molar-refractivity contribution >= 4 is 46.5 Å². The van der Waals surface area contributed by atoms with E-state index in [1.54, 1.807) is 0 Å². The fraction of sp³-hybridized carbons (Fsp3) is 1.00. The van der Waals surface area contributed by atoms with Crippen LogP contribution in [-0.4, -0.2) is 38.3 Å². The minimum atomic E-state index is -1.72. The van der Waals surface area contributed by atoms with E-state index in [2.05, 4.69) is 80.8 Å². The molecule has 0 rings (SSSR count). The molecule has 0 aliphatic carbocycles. The van der Waals surface area contributed by atoms with Crippen LogP contribution < -0.4 is 0 Å². The third kappa shape index (κ3) is 2.83. The molecular weight excluding hydrogens is 352 g/mol. The van der Waals surface area contributed by atoms with Crippen LogP contribution in [-0.2, 0) is 4.43 Å². The maximum absolute atomic E-state index is 6.20. The van der Waals surface area contributed by atoms with Gasteiger partial charge >= 0.3 is 0 Å². The molecule has 0 unspecified atom stereocenters. The molecule has 0 aromatic carbocycles. The minimum Gasteiger partial charge on any atom is -0.421 e. The molecule has 0 amide bonds. The molecule has 0 aromatic rings. The number of hydrogen-bond donors (Lipinski definition) is 0. The van der Waals surface area contributed by atoms with Crippen LogP contribution in [0.2, 0.25) is 69.4 Å². The summed E-state index contributed by atoms with van der Waals surface area (Å²) in [7, 11) is -2.47. The van der Waals surface area contributed by atoms with Gasteiger partial charge in [0.15, 0.2) is 8.32 Å². The highest BCUT2D eigenvalue weighted by molar-refractivity contribution is 9.26. The van der Waals surface area contributed by atoms with Gasteiger partial charge in [-0.1, -0.05) is 52.4 Å². The van der Waals surface area contributed by atoms with Gasteiger partial charge in [0.1, 0.15) is 6.69 Å². The summed E-state index contributed by atoms with van der Waals surface area (Å²) in [6, 6.07) is 0. The van der Waals surface area contributed by atoms with Gasteiger partial charge in [-0.2, -0.15) is 0 Å². The van der Waals surface area contributed by atoms with Crippen molar-refractivity contribution in [2.75, 3.05) is 7.11 Å². The zero-order chi connectivity index (χ0) is 15.2. The molecule has 0 saturated carbocycles. The van der Waals surface area contributed by atoms with Crippen LogP contribution in [0.1, 0.15) is 0 Å². The predicted octanol–water partition coefficient (Wildman–Crippen LogP) is 5.47. The Hall–Kier alpha value is 1.31. The highest BCUT2D eigenvalue weighted by Crippen LogP contribution is 2.61. The van der Waals surface area contributed by atoms with Crippen molar-refractivity contribution in [3.05, 3.63) is 0 Å². The molecule has 0 N–H and O–H groups in total. The zero-order valence-corrected chi connectivity index (χ0v) is 19.9. The van der Waals surface area contributed by atoms with Crippen molar-refractivity contribution in [3.8, 4) is 0 Å². The molecular formula is C12H33BrOSi4. The third-order valence-electron chi connectivity index (χ3n) is 4.56. The average Bonchev–Trinajstić information content (AvgIpc) is 1.94. The Balaban J connectivity index is 6.47. The van der Waals surface area contributed by atoms with E-state index >= 15 is 0 Å². The smallest absolute Gasteiger partial charge is 0.185 e. The van der Waals surface area contributed by atoms with Crippen LogP contribution >= 0.6 is 15.3 Å². The van der Waals surface area contributed by atoms with E-state index < -0.39 is 31.2 Å². The number of hydrogen-bond acceptors (Lipinski definition) is 1. The Morgan fingerprint density at radius 2 is 1.00 bits per heavy atom. The fourth-order valence-electron chi connectivity index (χ4n) is 5.58. The average molecular weight is 386 g/mol. The van der Waals surface area contributed by atoms with Crippen molar-refractivity contribution in [1.29, 1.82) is 0 Å². The lowest BCUT2D eigenvalue weighted by Crippen LogP contribution is -2.75. The second-order valence-electron chi connectivity index (χ2n) is 8.44. The van der Waals surface area contributed by atoms with Gasteiger partial charge in [-0.15, -0.1) is 15.3 Å². The Labute approximate surface area is 127 Å². The maximum Gasteiger partial charge on any atom is 0.185 e. The summed E-state index contributed by atoms with van der Waals surface area (Å²) < 4.78 is 6.70. The summed E-state index contributed by atoms with van der Waals surface area (Å²) in [6.45, 7) is 23.8. The van der Waals surface area contributed by atoms with Gasteiger partial charge in [0.05, 0.1) is 0 Å². The van der Waals surface area contributed by atoms with Crippen LogP contribution in [0.15, 0.2) is 0 Å². The molecule has 0 saturated heterocycles. The van der Waals surface area contributed by atoms with Crippen molar-refractivity contribution in [1.82, 2.24) is 0 Å². The quantitative estimate of drug-likeness (QED) is 0.450. The normalized spacial score (nSPS) is 16.0. The fourth-order valence-corrected chi connectivity index (χ4v) is 65.3. The molecule has 0 radical (unpaired) electrons. The standard InChI is InChI=1S/C12H33BrOSi4/c1-14-18(10,11)12(15(2,3)4,16(5,6)7)17(8,9)13/h1-11H3. The molecule has 0 aliphatic rings. The topological polar surface area (TPSA) is 9.23 Å². The van der Waals surface area contributed by atoms with Gasteiger partial charge in [-0.25, -0.2) is 0 Å². The second kappa shape index (κ2) is 5.25. The highest BCUT2D eigenvalue weighted by Gasteiger charge is 2.69. The van der Waals surface area contributed by atoms with E-state index in [9.17, 15) is 0 Å². The molecule has 6 heteroatoms. The lowest BCUT2D eigenvalue weighted by molar-refractivity contribution is 0.401. The van der Waals surface area contributed by atoms with Gasteiger partial charge in [0.25, 0.3) is 0 Å². The Bertz CT molecular complexity index is 261. The Kier molecular flexibility index (Phi) is 5.64. The molecule has 0 aromatic heterocycles. The van der Waals surface area contributed by atoms with Crippen molar-refractivity contribution in [2.24, 2.45) is 0 Å². The first kappa shape index (κ1) is 19.3. The molecule has 0 aliphatic heterocycles. The van der Waals surface area contributed by atoms with Crippen molar-refractivity contribution in [2.45, 2.75) is 69.4 Å². The largest absolute Gasteiger partial charge is 0.421 e. The SMILES string of the molecule is CO[Si](C)(C)C([Si](C)(C)C)([Si](C)(C)C)[Si](C)(C)Br. The summed E-state index contributed by atoms with van der Waals surface area (Å²) >= 11 is 4.21. The lowest BCUT2D eigenvalue weighted by Gasteiger charge is -2.63. The molecule has 1 nitrogen and oxygen atoms in total. The van der Waals surface area contributed by atoms with E-state index in [4.69, 9.17) is 4.43 Å². The summed E-state index contributed by atoms with van der Waals surface area (Å²) in [5, 5.41) is 0. The molecule has 0 spiro atoms. The maximum atomic E-state index is 6.20. The first-order valence-corrected chi connectivity index (χ1v) is 22.0. The summed E-state index contributed by atoms with van der Waals surface area (Å²) in [5.41, 5.74) is 0. The van der Waals surface area contributed by atoms with Crippen LogP contribution in [0.4, 0.5) is 0 Å². The summed E-state index contributed by atoms with van der Waals surface area (Å²) in [4.78, 5) is 0. The molecule has 0 bridgehead atoms. The van der Waals surface area contributed by atoms with Crippen LogP contribution in [0, 0.1) is 0 Å². The van der Waals surface area contributed by atoms with Crippen molar-refractivity contribution < 1.29 is 4.43 Å². The van der Waals surface area contributed by atoms with E-state index in [1.807, 2.05) is 7.11 Å². The van der Waals surface area contributed by atoms with E-state index in [0.717, 1.165) is 0 Å². The highest BCUT2D eigenvalue weighted by atomic mass is 79.9.